The fourth-order valence-electron chi connectivity index (χ4n) is 4.86. The average Bonchev–Trinajstić information content (AvgIpc) is 3.27. The highest BCUT2D eigenvalue weighted by Gasteiger charge is 2.36. The van der Waals surface area contributed by atoms with E-state index < -0.39 is 5.54 Å². The second kappa shape index (κ2) is 9.91. The molecule has 0 radical (unpaired) electrons. The molecule has 0 aromatic heterocycles. The molecule has 5 rings (SSSR count). The van der Waals surface area contributed by atoms with Gasteiger partial charge in [-0.15, -0.1) is 4.91 Å². The number of allylic oxidation sites excluding steroid dienone is 2. The molecule has 3 aliphatic rings. The van der Waals surface area contributed by atoms with Gasteiger partial charge >= 0.3 is 0 Å². The number of hydrogen-bond acceptors (Lipinski definition) is 6. The average molecular weight is 504 g/mol. The summed E-state index contributed by atoms with van der Waals surface area (Å²) in [7, 11) is 0. The molecular weight excluding hydrogens is 474 g/mol. The number of nitrogens with one attached hydrogen (secondary N) is 1. The van der Waals surface area contributed by atoms with Gasteiger partial charge in [0, 0.05) is 43.9 Å². The van der Waals surface area contributed by atoms with E-state index in [0.29, 0.717) is 18.1 Å². The number of fused-ring (bicyclic) bond motifs is 1. The van der Waals surface area contributed by atoms with E-state index in [2.05, 4.69) is 62.9 Å². The lowest BCUT2D eigenvalue weighted by Crippen LogP contribution is -2.54. The second-order valence-corrected chi connectivity index (χ2v) is 10.3. The van der Waals surface area contributed by atoms with Crippen molar-refractivity contribution in [3.05, 3.63) is 99.7 Å². The number of hydrogen-bond donors (Lipinski definition) is 1. The zero-order valence-electron chi connectivity index (χ0n) is 20.5. The Balaban J connectivity index is 1.40. The predicted molar refractivity (Wildman–Crippen MR) is 144 cm³/mol. The van der Waals surface area contributed by atoms with Crippen molar-refractivity contribution < 1.29 is 4.79 Å². The van der Waals surface area contributed by atoms with Crippen molar-refractivity contribution in [1.82, 2.24) is 20.0 Å². The van der Waals surface area contributed by atoms with E-state index in [-0.39, 0.29) is 12.1 Å². The summed E-state index contributed by atoms with van der Waals surface area (Å²) in [4.78, 5) is 30.2. The molecule has 1 N–H and O–H groups in total. The Labute approximate surface area is 216 Å². The van der Waals surface area contributed by atoms with Gasteiger partial charge in [0.05, 0.1) is 11.4 Å². The largest absolute Gasteiger partial charge is 0.360 e. The lowest BCUT2D eigenvalue weighted by molar-refractivity contribution is -0.137. The molecule has 2 aromatic rings. The van der Waals surface area contributed by atoms with E-state index in [1.165, 1.54) is 11.3 Å². The number of carbonyl (C=O) groups is 1. The van der Waals surface area contributed by atoms with Crippen LogP contribution in [0.3, 0.4) is 0 Å². The van der Waals surface area contributed by atoms with Gasteiger partial charge in [-0.3, -0.25) is 9.69 Å². The Morgan fingerprint density at radius 3 is 2.39 bits per heavy atom. The Bertz CT molecular complexity index is 1230. The van der Waals surface area contributed by atoms with Crippen molar-refractivity contribution in [1.29, 1.82) is 0 Å². The Morgan fingerprint density at radius 1 is 1.03 bits per heavy atom. The molecule has 0 saturated carbocycles. The first kappa shape index (κ1) is 24.3. The SMILES string of the molecule is CC(C)(N=O)C(=O)N1CCN(CC2=C(c3ccc(Cl)cc3)NC3C=CC(c4ccccc4)=CN23)CC1. The molecule has 0 bridgehead atoms. The highest BCUT2D eigenvalue weighted by molar-refractivity contribution is 6.30. The number of nitroso groups, excluding NO2 is 1. The molecule has 0 aliphatic carbocycles. The zero-order valence-corrected chi connectivity index (χ0v) is 21.3. The van der Waals surface area contributed by atoms with Crippen molar-refractivity contribution in [2.45, 2.75) is 25.6 Å². The molecule has 8 heteroatoms. The number of nitrogens with zero attached hydrogens (tertiary/aromatic N) is 4. The Morgan fingerprint density at radius 2 is 1.72 bits per heavy atom. The second-order valence-electron chi connectivity index (χ2n) is 9.85. The number of carbonyl (C=O) groups excluding carboxylic acids is 1. The highest BCUT2D eigenvalue weighted by Crippen LogP contribution is 2.34. The predicted octanol–water partition coefficient (Wildman–Crippen LogP) is 4.54. The summed E-state index contributed by atoms with van der Waals surface area (Å²) in [5, 5.41) is 7.42. The van der Waals surface area contributed by atoms with Gasteiger partial charge in [0.15, 0.2) is 5.54 Å². The van der Waals surface area contributed by atoms with Gasteiger partial charge in [-0.05, 0) is 48.8 Å². The van der Waals surface area contributed by atoms with E-state index in [1.54, 1.807) is 18.7 Å². The minimum Gasteiger partial charge on any atom is -0.360 e. The summed E-state index contributed by atoms with van der Waals surface area (Å²) in [6, 6.07) is 18.3. The summed E-state index contributed by atoms with van der Waals surface area (Å²) >= 11 is 6.17. The first-order chi connectivity index (χ1) is 17.4. The molecule has 1 atom stereocenters. The normalized spacial score (nSPS) is 20.2. The third kappa shape index (κ3) is 4.81. The minimum atomic E-state index is -1.23. The van der Waals surface area contributed by atoms with E-state index in [9.17, 15) is 9.70 Å². The summed E-state index contributed by atoms with van der Waals surface area (Å²) in [5.74, 6) is -0.211. The smallest absolute Gasteiger partial charge is 0.253 e. The van der Waals surface area contributed by atoms with Gasteiger partial charge in [-0.25, -0.2) is 0 Å². The Hall–Kier alpha value is -3.42. The van der Waals surface area contributed by atoms with Gasteiger partial charge in [-0.2, -0.15) is 0 Å². The maximum absolute atomic E-state index is 12.7. The molecule has 1 unspecified atom stereocenters. The monoisotopic (exact) mass is 503 g/mol. The molecule has 36 heavy (non-hydrogen) atoms. The van der Waals surface area contributed by atoms with Crippen LogP contribution in [0, 0.1) is 4.91 Å². The molecular formula is C28H30ClN5O2. The van der Waals surface area contributed by atoms with Gasteiger partial charge < -0.3 is 15.1 Å². The van der Waals surface area contributed by atoms with Crippen LogP contribution in [0.5, 0.6) is 0 Å². The maximum Gasteiger partial charge on any atom is 0.253 e. The summed E-state index contributed by atoms with van der Waals surface area (Å²) in [6.45, 7) is 6.46. The highest BCUT2D eigenvalue weighted by atomic mass is 35.5. The van der Waals surface area contributed by atoms with Gasteiger partial charge in [0.2, 0.25) is 0 Å². The van der Waals surface area contributed by atoms with E-state index in [1.807, 2.05) is 30.3 Å². The van der Waals surface area contributed by atoms with Gasteiger partial charge in [-0.1, -0.05) is 65.3 Å². The standard InChI is InChI=1S/C28H30ClN5O2/c1-28(2,31-36)27(35)33-16-14-32(15-17-33)19-24-26(21-8-11-23(29)12-9-21)30-25-13-10-22(18-34(24)25)20-6-4-3-5-7-20/h3-13,18,25,30H,14-17,19H2,1-2H3. The number of piperazine rings is 1. The summed E-state index contributed by atoms with van der Waals surface area (Å²) in [5.41, 5.74) is 4.44. The lowest BCUT2D eigenvalue weighted by Gasteiger charge is -2.38. The van der Waals surface area contributed by atoms with Crippen molar-refractivity contribution in [2.24, 2.45) is 5.18 Å². The van der Waals surface area contributed by atoms with Crippen LogP contribution in [0.1, 0.15) is 25.0 Å². The minimum absolute atomic E-state index is 0.0282. The van der Waals surface area contributed by atoms with Gasteiger partial charge in [0.1, 0.15) is 6.17 Å². The number of rotatable bonds is 6. The van der Waals surface area contributed by atoms with Crippen LogP contribution < -0.4 is 5.32 Å². The van der Waals surface area contributed by atoms with Crippen LogP contribution >= 0.6 is 11.6 Å². The van der Waals surface area contributed by atoms with Crippen LogP contribution in [0.2, 0.25) is 5.02 Å². The molecule has 1 amide bonds. The van der Waals surface area contributed by atoms with Crippen LogP contribution in [-0.4, -0.2) is 65.0 Å². The molecule has 3 aliphatic heterocycles. The van der Waals surface area contributed by atoms with Crippen molar-refractivity contribution >= 4 is 28.8 Å². The molecule has 186 valence electrons. The van der Waals surface area contributed by atoms with Crippen molar-refractivity contribution in [3.63, 3.8) is 0 Å². The van der Waals surface area contributed by atoms with Crippen molar-refractivity contribution in [3.8, 4) is 0 Å². The zero-order chi connectivity index (χ0) is 25.3. The fraction of sp³-hybridized carbons (Fsp3) is 0.321. The summed E-state index contributed by atoms with van der Waals surface area (Å²) in [6.07, 6.45) is 6.60. The molecule has 7 nitrogen and oxygen atoms in total. The van der Waals surface area contributed by atoms with E-state index in [4.69, 9.17) is 11.6 Å². The number of amides is 1. The van der Waals surface area contributed by atoms with Crippen LogP contribution in [-0.2, 0) is 4.79 Å². The lowest BCUT2D eigenvalue weighted by atomic mass is 10.0. The topological polar surface area (TPSA) is 68.2 Å². The molecule has 1 fully saturated rings. The van der Waals surface area contributed by atoms with Crippen LogP contribution in [0.4, 0.5) is 0 Å². The summed E-state index contributed by atoms with van der Waals surface area (Å²) < 4.78 is 0. The molecule has 0 spiro atoms. The Kier molecular flexibility index (Phi) is 6.69. The third-order valence-corrected chi connectivity index (χ3v) is 7.20. The van der Waals surface area contributed by atoms with Crippen LogP contribution in [0.25, 0.3) is 11.3 Å². The first-order valence-electron chi connectivity index (χ1n) is 12.2. The van der Waals surface area contributed by atoms with Crippen molar-refractivity contribution in [2.75, 3.05) is 32.7 Å². The van der Waals surface area contributed by atoms with Crippen LogP contribution in [0.15, 0.2) is 83.8 Å². The molecule has 1 saturated heterocycles. The quantitative estimate of drug-likeness (QED) is 0.586. The maximum atomic E-state index is 12.7. The van der Waals surface area contributed by atoms with E-state index in [0.717, 1.165) is 36.5 Å². The number of benzene rings is 2. The number of halogens is 1. The fourth-order valence-corrected chi connectivity index (χ4v) is 4.99. The van der Waals surface area contributed by atoms with E-state index >= 15 is 0 Å². The third-order valence-electron chi connectivity index (χ3n) is 6.95. The first-order valence-corrected chi connectivity index (χ1v) is 12.6. The molecule has 3 heterocycles. The van der Waals surface area contributed by atoms with Gasteiger partial charge in [0.25, 0.3) is 5.91 Å². The molecule has 2 aromatic carbocycles.